The third-order valence-corrected chi connectivity index (χ3v) is 1.61. The van der Waals surface area contributed by atoms with Gasteiger partial charge in [0, 0.05) is 0 Å². The predicted molar refractivity (Wildman–Crippen MR) is 35.5 cm³/mol. The zero-order valence-corrected chi connectivity index (χ0v) is 5.33. The summed E-state index contributed by atoms with van der Waals surface area (Å²) in [4.78, 5) is 2.83. The van der Waals surface area contributed by atoms with Gasteiger partial charge in [-0.3, -0.25) is 0 Å². The van der Waals surface area contributed by atoms with Crippen molar-refractivity contribution >= 4 is 11.3 Å². The maximum absolute atomic E-state index is 11.6. The maximum atomic E-state index is 11.6. The molecule has 0 amide bonds. The van der Waals surface area contributed by atoms with E-state index < -0.39 is 17.1 Å². The van der Waals surface area contributed by atoms with Crippen molar-refractivity contribution in [2.45, 2.75) is 13.6 Å². The van der Waals surface area contributed by atoms with Crippen molar-refractivity contribution < 1.29 is 18.3 Å². The van der Waals surface area contributed by atoms with Crippen molar-refractivity contribution in [3.05, 3.63) is 10.4 Å². The van der Waals surface area contributed by atoms with Crippen molar-refractivity contribution in [1.29, 1.82) is 0 Å². The molecule has 0 aliphatic carbocycles. The summed E-state index contributed by atoms with van der Waals surface area (Å²) in [6.07, 6.45) is -4.44. The van der Waals surface area contributed by atoms with Crippen LogP contribution in [0.2, 0.25) is 0 Å². The van der Waals surface area contributed by atoms with Gasteiger partial charge in [-0.1, -0.05) is 7.43 Å². The third kappa shape index (κ3) is 2.38. The Morgan fingerprint density at radius 2 is 2.00 bits per heavy atom. The van der Waals surface area contributed by atoms with Crippen LogP contribution in [0.5, 0.6) is 5.88 Å². The van der Waals surface area contributed by atoms with E-state index in [-0.39, 0.29) is 7.43 Å². The molecular weight excluding hydrogens is 179 g/mol. The van der Waals surface area contributed by atoms with Gasteiger partial charge in [-0.25, -0.2) is 0 Å². The number of alkyl halides is 3. The van der Waals surface area contributed by atoms with Gasteiger partial charge >= 0.3 is 6.18 Å². The highest BCUT2D eigenvalue weighted by molar-refractivity contribution is 7.09. The summed E-state index contributed by atoms with van der Waals surface area (Å²) in [6, 6.07) is 0. The second-order valence-corrected chi connectivity index (χ2v) is 2.37. The van der Waals surface area contributed by atoms with E-state index in [2.05, 4.69) is 4.98 Å². The van der Waals surface area contributed by atoms with E-state index in [1.165, 1.54) is 0 Å². The monoisotopic (exact) mass is 185 g/mol. The zero-order valence-electron chi connectivity index (χ0n) is 4.51. The minimum atomic E-state index is -4.44. The molecular formula is C5H6F3NOS. The Balaban J connectivity index is 0.000001000. The molecule has 1 aromatic heterocycles. The second-order valence-electron chi connectivity index (χ2n) is 1.51. The van der Waals surface area contributed by atoms with Crippen LogP contribution >= 0.6 is 11.3 Å². The number of aromatic hydroxyl groups is 1. The first-order chi connectivity index (χ1) is 4.50. The van der Waals surface area contributed by atoms with E-state index in [0.717, 1.165) is 5.38 Å². The molecule has 1 heterocycles. The van der Waals surface area contributed by atoms with Gasteiger partial charge in [-0.15, -0.1) is 11.3 Å². The fraction of sp³-hybridized carbons (Fsp3) is 0.400. The highest BCUT2D eigenvalue weighted by Crippen LogP contribution is 2.32. The molecule has 0 aromatic carbocycles. The molecule has 6 heteroatoms. The van der Waals surface area contributed by atoms with E-state index in [0.29, 0.717) is 11.3 Å². The van der Waals surface area contributed by atoms with Crippen LogP contribution in [0.3, 0.4) is 0 Å². The normalized spacial score (nSPS) is 10.8. The highest BCUT2D eigenvalue weighted by atomic mass is 32.1. The molecule has 0 saturated carbocycles. The van der Waals surface area contributed by atoms with Crippen molar-refractivity contribution in [1.82, 2.24) is 4.98 Å². The number of halogens is 3. The average molecular weight is 185 g/mol. The van der Waals surface area contributed by atoms with Crippen LogP contribution in [0.25, 0.3) is 0 Å². The average Bonchev–Trinajstić information content (AvgIpc) is 2.11. The molecule has 1 N–H and O–H groups in total. The smallest absolute Gasteiger partial charge is 0.443 e. The second kappa shape index (κ2) is 3.08. The minimum Gasteiger partial charge on any atom is -0.493 e. The van der Waals surface area contributed by atoms with Gasteiger partial charge in [0.1, 0.15) is 0 Å². The number of hydrogen-bond donors (Lipinski definition) is 1. The van der Waals surface area contributed by atoms with E-state index in [4.69, 9.17) is 5.11 Å². The lowest BCUT2D eigenvalue weighted by Crippen LogP contribution is -2.03. The number of thiazole rings is 1. The van der Waals surface area contributed by atoms with E-state index >= 15 is 0 Å². The van der Waals surface area contributed by atoms with Gasteiger partial charge in [0.25, 0.3) is 0 Å². The number of aromatic nitrogens is 1. The molecule has 2 nitrogen and oxygen atoms in total. The number of nitrogens with zero attached hydrogens (tertiary/aromatic N) is 1. The van der Waals surface area contributed by atoms with Gasteiger partial charge in [0.2, 0.25) is 10.9 Å². The molecule has 0 fully saturated rings. The molecule has 0 spiro atoms. The standard InChI is InChI=1S/C4H2F3NOS.CH4/c5-4(6,7)3-8-2(9)1-10-3;/h1,9H;1H4. The molecule has 0 radical (unpaired) electrons. The molecule has 0 unspecified atom stereocenters. The zero-order chi connectivity index (χ0) is 7.78. The summed E-state index contributed by atoms with van der Waals surface area (Å²) in [7, 11) is 0. The lowest BCUT2D eigenvalue weighted by atomic mass is 10.7. The fourth-order valence-electron chi connectivity index (χ4n) is 0.395. The van der Waals surface area contributed by atoms with Crippen LogP contribution in [0.4, 0.5) is 13.2 Å². The summed E-state index contributed by atoms with van der Waals surface area (Å²) in [6.45, 7) is 0. The summed E-state index contributed by atoms with van der Waals surface area (Å²) >= 11 is 0.370. The first-order valence-electron chi connectivity index (χ1n) is 2.22. The summed E-state index contributed by atoms with van der Waals surface area (Å²) in [5, 5.41) is 8.33. The molecule has 1 rings (SSSR count). The Kier molecular flexibility index (Phi) is 2.86. The first-order valence-corrected chi connectivity index (χ1v) is 3.10. The molecule has 64 valence electrons. The van der Waals surface area contributed by atoms with Crippen molar-refractivity contribution in [2.75, 3.05) is 0 Å². The minimum absolute atomic E-state index is 0. The largest absolute Gasteiger partial charge is 0.493 e. The molecule has 1 aromatic rings. The number of rotatable bonds is 0. The quantitative estimate of drug-likeness (QED) is 0.673. The van der Waals surface area contributed by atoms with E-state index in [9.17, 15) is 13.2 Å². The van der Waals surface area contributed by atoms with Crippen molar-refractivity contribution in [3.8, 4) is 5.88 Å². The Morgan fingerprint density at radius 3 is 2.18 bits per heavy atom. The van der Waals surface area contributed by atoms with Gasteiger partial charge in [-0.2, -0.15) is 18.2 Å². The lowest BCUT2D eigenvalue weighted by Gasteiger charge is -1.97. The Morgan fingerprint density at radius 1 is 1.45 bits per heavy atom. The third-order valence-electron chi connectivity index (χ3n) is 0.735. The molecule has 0 aliphatic heterocycles. The van der Waals surface area contributed by atoms with Crippen LogP contribution in [0, 0.1) is 0 Å². The van der Waals surface area contributed by atoms with Crippen molar-refractivity contribution in [3.63, 3.8) is 0 Å². The van der Waals surface area contributed by atoms with Crippen LogP contribution in [-0.4, -0.2) is 10.1 Å². The van der Waals surface area contributed by atoms with Gasteiger partial charge in [0.05, 0.1) is 5.38 Å². The Bertz CT molecular complexity index is 232. The molecule has 0 atom stereocenters. The topological polar surface area (TPSA) is 33.1 Å². The summed E-state index contributed by atoms with van der Waals surface area (Å²) < 4.78 is 34.9. The van der Waals surface area contributed by atoms with Gasteiger partial charge < -0.3 is 5.11 Å². The first kappa shape index (κ1) is 10.2. The highest BCUT2D eigenvalue weighted by Gasteiger charge is 2.34. The SMILES string of the molecule is C.Oc1csc(C(F)(F)F)n1. The van der Waals surface area contributed by atoms with E-state index in [1.54, 1.807) is 0 Å². The summed E-state index contributed by atoms with van der Waals surface area (Å²) in [5.74, 6) is -0.586. The molecule has 11 heavy (non-hydrogen) atoms. The molecule has 0 aliphatic rings. The fourth-order valence-corrected chi connectivity index (χ4v) is 0.945. The summed E-state index contributed by atoms with van der Waals surface area (Å²) in [5.41, 5.74) is 0. The van der Waals surface area contributed by atoms with Crippen molar-refractivity contribution in [2.24, 2.45) is 0 Å². The Hall–Kier alpha value is -0.780. The number of hydrogen-bond acceptors (Lipinski definition) is 3. The van der Waals surface area contributed by atoms with Crippen LogP contribution in [-0.2, 0) is 6.18 Å². The van der Waals surface area contributed by atoms with Crippen LogP contribution in [0.1, 0.15) is 12.4 Å². The van der Waals surface area contributed by atoms with Crippen LogP contribution < -0.4 is 0 Å². The maximum Gasteiger partial charge on any atom is 0.443 e. The predicted octanol–water partition coefficient (Wildman–Crippen LogP) is 2.50. The van der Waals surface area contributed by atoms with Gasteiger partial charge in [-0.05, 0) is 0 Å². The van der Waals surface area contributed by atoms with Gasteiger partial charge in [0.15, 0.2) is 0 Å². The van der Waals surface area contributed by atoms with E-state index in [1.807, 2.05) is 0 Å². The molecule has 0 bridgehead atoms. The Labute approximate surface area is 65.3 Å². The lowest BCUT2D eigenvalue weighted by molar-refractivity contribution is -0.137. The van der Waals surface area contributed by atoms with Crippen LogP contribution in [0.15, 0.2) is 5.38 Å². The molecule has 0 saturated heterocycles.